The highest BCUT2D eigenvalue weighted by molar-refractivity contribution is 7.92. The van der Waals surface area contributed by atoms with Crippen LogP contribution in [-0.4, -0.2) is 43.8 Å². The van der Waals surface area contributed by atoms with Gasteiger partial charge in [-0.1, -0.05) is 44.5 Å². The Morgan fingerprint density at radius 3 is 2.44 bits per heavy atom. The van der Waals surface area contributed by atoms with Crippen LogP contribution in [0, 0.1) is 0 Å². The Hall–Kier alpha value is -2.92. The smallest absolute Gasteiger partial charge is 0.263 e. The van der Waals surface area contributed by atoms with Gasteiger partial charge in [0, 0.05) is 19.3 Å². The lowest BCUT2D eigenvalue weighted by Crippen LogP contribution is -2.17. The molecule has 0 bridgehead atoms. The molecule has 11 heteroatoms. The molecule has 2 aromatic carbocycles. The van der Waals surface area contributed by atoms with E-state index in [1.54, 1.807) is 42.5 Å². The van der Waals surface area contributed by atoms with Crippen LogP contribution in [-0.2, 0) is 26.8 Å². The van der Waals surface area contributed by atoms with E-state index in [2.05, 4.69) is 14.7 Å². The summed E-state index contributed by atoms with van der Waals surface area (Å²) < 4.78 is 45.8. The zero-order valence-electron chi connectivity index (χ0n) is 20.6. The van der Waals surface area contributed by atoms with Crippen molar-refractivity contribution >= 4 is 27.4 Å². The molecule has 0 amide bonds. The highest BCUT2D eigenvalue weighted by Crippen LogP contribution is 2.37. The summed E-state index contributed by atoms with van der Waals surface area (Å²) >= 11 is 6.31. The molecule has 0 saturated heterocycles. The molecule has 0 saturated carbocycles. The highest BCUT2D eigenvalue weighted by atomic mass is 35.5. The summed E-state index contributed by atoms with van der Waals surface area (Å²) in [5.41, 5.74) is 1.18. The molecular weight excluding hydrogens is 506 g/mol. The Kier molecular flexibility index (Phi) is 9.13. The Balaban J connectivity index is 1.98. The summed E-state index contributed by atoms with van der Waals surface area (Å²) in [7, 11) is -2.51. The van der Waals surface area contributed by atoms with Crippen molar-refractivity contribution in [1.82, 2.24) is 9.97 Å². The van der Waals surface area contributed by atoms with Crippen LogP contribution in [0.15, 0.2) is 53.7 Å². The number of benzene rings is 2. The van der Waals surface area contributed by atoms with Crippen molar-refractivity contribution < 1.29 is 27.7 Å². The number of nitrogens with one attached hydrogen (secondary N) is 1. The van der Waals surface area contributed by atoms with Crippen molar-refractivity contribution in [3.8, 4) is 17.2 Å². The van der Waals surface area contributed by atoms with Crippen molar-refractivity contribution in [1.29, 1.82) is 0 Å². The molecule has 2 N–H and O–H groups in total. The van der Waals surface area contributed by atoms with E-state index in [1.807, 2.05) is 20.8 Å². The molecule has 3 aromatic rings. The van der Waals surface area contributed by atoms with E-state index in [4.69, 9.17) is 30.9 Å². The third kappa shape index (κ3) is 7.07. The van der Waals surface area contributed by atoms with Gasteiger partial charge in [0.25, 0.3) is 10.0 Å². The number of hydrogen-bond acceptors (Lipinski definition) is 8. The Morgan fingerprint density at radius 1 is 1.08 bits per heavy atom. The summed E-state index contributed by atoms with van der Waals surface area (Å²) in [6.07, 6.45) is 1.65. The summed E-state index contributed by atoms with van der Waals surface area (Å²) in [6, 6.07) is 11.5. The lowest BCUT2D eigenvalue weighted by atomic mass is 9.87. The fraction of sp³-hybridized carbons (Fsp3) is 0.360. The average Bonchev–Trinajstić information content (AvgIpc) is 2.84. The second-order valence-electron chi connectivity index (χ2n) is 8.91. The minimum Gasteiger partial charge on any atom is -0.497 e. The number of rotatable bonds is 11. The second-order valence-corrected chi connectivity index (χ2v) is 11.0. The Morgan fingerprint density at radius 2 is 1.81 bits per heavy atom. The Bertz CT molecular complexity index is 1280. The quantitative estimate of drug-likeness (QED) is 0.332. The van der Waals surface area contributed by atoms with Gasteiger partial charge < -0.3 is 19.3 Å². The topological polar surface area (TPSA) is 120 Å². The number of aliphatic hydroxyl groups excluding tert-OH is 1. The molecule has 36 heavy (non-hydrogen) atoms. The predicted octanol–water partition coefficient (Wildman–Crippen LogP) is 4.93. The van der Waals surface area contributed by atoms with Crippen molar-refractivity contribution in [3.63, 3.8) is 0 Å². The van der Waals surface area contributed by atoms with E-state index in [-0.39, 0.29) is 52.5 Å². The van der Waals surface area contributed by atoms with E-state index < -0.39 is 10.0 Å². The summed E-state index contributed by atoms with van der Waals surface area (Å²) in [6.45, 7) is 6.40. The largest absolute Gasteiger partial charge is 0.497 e. The molecule has 9 nitrogen and oxygen atoms in total. The number of anilines is 1. The first kappa shape index (κ1) is 27.7. The third-order valence-electron chi connectivity index (χ3n) is 5.18. The average molecular weight is 536 g/mol. The van der Waals surface area contributed by atoms with Crippen LogP contribution in [0.3, 0.4) is 0 Å². The standard InChI is InChI=1S/C25H30ClN3O6S/c1-25(2,3)17-6-9-19(10-7-17)36(31,32)29-24-23(21(27-16-28-24)15-34-13-5-12-30)35-22-14-18(33-4)8-11-20(22)26/h6-11,14,16,30H,5,12-13,15H2,1-4H3,(H,27,28,29). The highest BCUT2D eigenvalue weighted by Gasteiger charge is 2.23. The van der Waals surface area contributed by atoms with Crippen LogP contribution in [0.25, 0.3) is 0 Å². The molecule has 0 radical (unpaired) electrons. The number of methoxy groups -OCH3 is 1. The van der Waals surface area contributed by atoms with Gasteiger partial charge in [-0.15, -0.1) is 0 Å². The normalized spacial score (nSPS) is 11.8. The molecule has 0 spiro atoms. The molecule has 1 heterocycles. The Labute approximate surface area is 216 Å². The number of nitrogens with zero attached hydrogens (tertiary/aromatic N) is 2. The van der Waals surface area contributed by atoms with E-state index in [0.29, 0.717) is 17.9 Å². The van der Waals surface area contributed by atoms with Gasteiger partial charge in [-0.25, -0.2) is 18.4 Å². The summed E-state index contributed by atoms with van der Waals surface area (Å²) in [5, 5.41) is 9.28. The molecule has 0 aliphatic heterocycles. The van der Waals surface area contributed by atoms with Crippen LogP contribution < -0.4 is 14.2 Å². The van der Waals surface area contributed by atoms with Gasteiger partial charge in [0.2, 0.25) is 0 Å². The van der Waals surface area contributed by atoms with Crippen molar-refractivity contribution in [2.45, 2.75) is 44.1 Å². The molecule has 0 aliphatic rings. The maximum Gasteiger partial charge on any atom is 0.263 e. The van der Waals surface area contributed by atoms with E-state index in [1.165, 1.54) is 13.4 Å². The second kappa shape index (κ2) is 11.9. The van der Waals surface area contributed by atoms with Gasteiger partial charge in [-0.05, 0) is 41.7 Å². The number of aromatic nitrogens is 2. The number of halogens is 1. The lowest BCUT2D eigenvalue weighted by Gasteiger charge is -2.19. The molecule has 1 aromatic heterocycles. The van der Waals surface area contributed by atoms with E-state index in [0.717, 1.165) is 5.56 Å². The number of aliphatic hydroxyl groups is 1. The molecule has 0 atom stereocenters. The van der Waals surface area contributed by atoms with E-state index in [9.17, 15) is 8.42 Å². The monoisotopic (exact) mass is 535 g/mol. The number of sulfonamides is 1. The predicted molar refractivity (Wildman–Crippen MR) is 137 cm³/mol. The summed E-state index contributed by atoms with van der Waals surface area (Å²) in [4.78, 5) is 8.41. The van der Waals surface area contributed by atoms with Gasteiger partial charge >= 0.3 is 0 Å². The fourth-order valence-electron chi connectivity index (χ4n) is 3.15. The first-order valence-corrected chi connectivity index (χ1v) is 13.1. The van der Waals surface area contributed by atoms with Crippen molar-refractivity contribution in [3.05, 3.63) is 65.1 Å². The van der Waals surface area contributed by atoms with Crippen molar-refractivity contribution in [2.24, 2.45) is 0 Å². The van der Waals surface area contributed by atoms with Crippen LogP contribution >= 0.6 is 11.6 Å². The molecule has 194 valence electrons. The molecule has 0 aliphatic carbocycles. The number of hydrogen-bond donors (Lipinski definition) is 2. The van der Waals surface area contributed by atoms with Gasteiger partial charge in [-0.2, -0.15) is 0 Å². The lowest BCUT2D eigenvalue weighted by molar-refractivity contribution is 0.100. The maximum absolute atomic E-state index is 13.2. The van der Waals surface area contributed by atoms with Crippen LogP contribution in [0.2, 0.25) is 5.02 Å². The zero-order valence-corrected chi connectivity index (χ0v) is 22.2. The molecule has 0 fully saturated rings. The molecular formula is C25H30ClN3O6S. The van der Waals surface area contributed by atoms with Gasteiger partial charge in [0.05, 0.1) is 23.6 Å². The molecule has 0 unspecified atom stereocenters. The van der Waals surface area contributed by atoms with Gasteiger partial charge in [-0.3, -0.25) is 4.72 Å². The number of ether oxygens (including phenoxy) is 3. The van der Waals surface area contributed by atoms with Crippen molar-refractivity contribution in [2.75, 3.05) is 25.0 Å². The SMILES string of the molecule is COc1ccc(Cl)c(Oc2c(COCCCO)ncnc2NS(=O)(=O)c2ccc(C(C)(C)C)cc2)c1. The molecule has 3 rings (SSSR count). The van der Waals surface area contributed by atoms with Crippen LogP contribution in [0.5, 0.6) is 17.2 Å². The first-order valence-electron chi connectivity index (χ1n) is 11.2. The van der Waals surface area contributed by atoms with Gasteiger partial charge in [0.1, 0.15) is 23.5 Å². The minimum absolute atomic E-state index is 0.00551. The fourth-order valence-corrected chi connectivity index (χ4v) is 4.32. The van der Waals surface area contributed by atoms with E-state index >= 15 is 0 Å². The minimum atomic E-state index is -4.01. The zero-order chi connectivity index (χ0) is 26.3. The van der Waals surface area contributed by atoms with Crippen LogP contribution in [0.1, 0.15) is 38.4 Å². The van der Waals surface area contributed by atoms with Crippen LogP contribution in [0.4, 0.5) is 5.82 Å². The maximum atomic E-state index is 13.2. The summed E-state index contributed by atoms with van der Waals surface area (Å²) in [5.74, 6) is 0.668. The third-order valence-corrected chi connectivity index (χ3v) is 6.84. The first-order chi connectivity index (χ1) is 17.0. The van der Waals surface area contributed by atoms with Gasteiger partial charge in [0.15, 0.2) is 11.6 Å².